The lowest BCUT2D eigenvalue weighted by atomic mass is 9.98. The molecule has 0 fully saturated rings. The van der Waals surface area contributed by atoms with E-state index in [9.17, 15) is 0 Å². The highest BCUT2D eigenvalue weighted by atomic mass is 16.5. The Kier molecular flexibility index (Phi) is 5.52. The fraction of sp³-hybridized carbons (Fsp3) is 0.364. The van der Waals surface area contributed by atoms with Crippen molar-refractivity contribution >= 4 is 10.9 Å². The predicted molar refractivity (Wildman–Crippen MR) is 108 cm³/mol. The third kappa shape index (κ3) is 3.42. The van der Waals surface area contributed by atoms with Crippen LogP contribution in [0.2, 0.25) is 0 Å². The number of hydrogen-bond donors (Lipinski definition) is 2. The van der Waals surface area contributed by atoms with Gasteiger partial charge in [-0.05, 0) is 75.0 Å². The highest BCUT2D eigenvalue weighted by Gasteiger charge is 2.18. The zero-order chi connectivity index (χ0) is 18.7. The summed E-state index contributed by atoms with van der Waals surface area (Å²) in [5, 5.41) is 1.29. The van der Waals surface area contributed by atoms with Crippen LogP contribution in [0.4, 0.5) is 0 Å². The number of hydrogen-bond acceptors (Lipinski definition) is 3. The van der Waals surface area contributed by atoms with Crippen molar-refractivity contribution in [3.63, 3.8) is 0 Å². The van der Waals surface area contributed by atoms with Gasteiger partial charge in [0.1, 0.15) is 11.5 Å². The molecule has 3 rings (SSSR count). The summed E-state index contributed by atoms with van der Waals surface area (Å²) in [6.45, 7) is 5.02. The fourth-order valence-corrected chi connectivity index (χ4v) is 3.65. The lowest BCUT2D eigenvalue weighted by molar-refractivity contribution is 0.404. The van der Waals surface area contributed by atoms with Gasteiger partial charge < -0.3 is 20.2 Å². The summed E-state index contributed by atoms with van der Waals surface area (Å²) in [7, 11) is 3.39. The summed E-state index contributed by atoms with van der Waals surface area (Å²) < 4.78 is 11.1. The largest absolute Gasteiger partial charge is 0.497 e. The average Bonchev–Trinajstić information content (AvgIpc) is 3.00. The Hall–Kier alpha value is -2.46. The molecule has 26 heavy (non-hydrogen) atoms. The van der Waals surface area contributed by atoms with Gasteiger partial charge in [-0.25, -0.2) is 0 Å². The quantitative estimate of drug-likeness (QED) is 0.603. The lowest BCUT2D eigenvalue weighted by Gasteiger charge is -2.12. The standard InChI is InChI=1S/C22H28N2O2/c1-14-11-15(2)21-18(12-14)17(7-5-6-10-23)22(24-21)19-13-16(25-3)8-9-20(19)26-4/h8-9,11-13,24H,5-7,10,23H2,1-4H3. The minimum atomic E-state index is 0.720. The maximum Gasteiger partial charge on any atom is 0.128 e. The number of aromatic nitrogens is 1. The topological polar surface area (TPSA) is 60.3 Å². The van der Waals surface area contributed by atoms with Crippen LogP contribution in [0.5, 0.6) is 11.5 Å². The van der Waals surface area contributed by atoms with E-state index in [1.54, 1.807) is 14.2 Å². The minimum absolute atomic E-state index is 0.720. The van der Waals surface area contributed by atoms with E-state index < -0.39 is 0 Å². The van der Waals surface area contributed by atoms with Crippen molar-refractivity contribution in [2.45, 2.75) is 33.1 Å². The van der Waals surface area contributed by atoms with Crippen LogP contribution < -0.4 is 15.2 Å². The van der Waals surface area contributed by atoms with Gasteiger partial charge in [0, 0.05) is 16.5 Å². The van der Waals surface area contributed by atoms with E-state index >= 15 is 0 Å². The maximum absolute atomic E-state index is 5.72. The normalized spacial score (nSPS) is 11.1. The third-order valence-electron chi connectivity index (χ3n) is 4.91. The van der Waals surface area contributed by atoms with E-state index in [0.717, 1.165) is 48.6 Å². The number of H-pyrrole nitrogens is 1. The van der Waals surface area contributed by atoms with Crippen LogP contribution in [0.1, 0.15) is 29.5 Å². The number of ether oxygens (including phenoxy) is 2. The van der Waals surface area contributed by atoms with Crippen LogP contribution in [0.15, 0.2) is 30.3 Å². The second-order valence-corrected chi connectivity index (χ2v) is 6.79. The molecule has 4 nitrogen and oxygen atoms in total. The number of methoxy groups -OCH3 is 2. The van der Waals surface area contributed by atoms with E-state index in [-0.39, 0.29) is 0 Å². The number of fused-ring (bicyclic) bond motifs is 1. The van der Waals surface area contributed by atoms with Gasteiger partial charge in [-0.2, -0.15) is 0 Å². The zero-order valence-electron chi connectivity index (χ0n) is 16.1. The van der Waals surface area contributed by atoms with Crippen LogP contribution in [0, 0.1) is 13.8 Å². The van der Waals surface area contributed by atoms with E-state index in [1.807, 2.05) is 18.2 Å². The number of unbranched alkanes of at least 4 members (excludes halogenated alkanes) is 1. The van der Waals surface area contributed by atoms with Crippen molar-refractivity contribution in [1.82, 2.24) is 4.98 Å². The molecule has 3 aromatic rings. The summed E-state index contributed by atoms with van der Waals surface area (Å²) in [5.41, 5.74) is 12.9. The van der Waals surface area contributed by atoms with Crippen molar-refractivity contribution in [3.8, 4) is 22.8 Å². The molecule has 0 aliphatic carbocycles. The molecule has 0 amide bonds. The number of nitrogens with two attached hydrogens (primary N) is 1. The van der Waals surface area contributed by atoms with Gasteiger partial charge in [-0.3, -0.25) is 0 Å². The van der Waals surface area contributed by atoms with Crippen molar-refractivity contribution in [2.24, 2.45) is 5.73 Å². The first kappa shape index (κ1) is 18.3. The molecule has 3 N–H and O–H groups in total. The van der Waals surface area contributed by atoms with Crippen molar-refractivity contribution < 1.29 is 9.47 Å². The first-order chi connectivity index (χ1) is 12.6. The molecule has 1 heterocycles. The Morgan fingerprint density at radius 3 is 2.50 bits per heavy atom. The van der Waals surface area contributed by atoms with Crippen LogP contribution in [0.25, 0.3) is 22.2 Å². The molecule has 0 atom stereocenters. The molecule has 0 saturated heterocycles. The minimum Gasteiger partial charge on any atom is -0.497 e. The molecular formula is C22H28N2O2. The number of benzene rings is 2. The fourth-order valence-electron chi connectivity index (χ4n) is 3.65. The highest BCUT2D eigenvalue weighted by molar-refractivity contribution is 5.94. The lowest BCUT2D eigenvalue weighted by Crippen LogP contribution is -1.99. The summed E-state index contributed by atoms with van der Waals surface area (Å²) in [4.78, 5) is 3.66. The van der Waals surface area contributed by atoms with Gasteiger partial charge in [0.05, 0.1) is 19.9 Å². The van der Waals surface area contributed by atoms with Gasteiger partial charge in [0.25, 0.3) is 0 Å². The Morgan fingerprint density at radius 2 is 1.81 bits per heavy atom. The number of rotatable bonds is 7. The summed E-state index contributed by atoms with van der Waals surface area (Å²) >= 11 is 0. The average molecular weight is 352 g/mol. The maximum atomic E-state index is 5.72. The molecule has 138 valence electrons. The van der Waals surface area contributed by atoms with Crippen molar-refractivity contribution in [1.29, 1.82) is 0 Å². The Morgan fingerprint density at radius 1 is 1.00 bits per heavy atom. The smallest absolute Gasteiger partial charge is 0.128 e. The molecular weight excluding hydrogens is 324 g/mol. The highest BCUT2D eigenvalue weighted by Crippen LogP contribution is 2.39. The van der Waals surface area contributed by atoms with E-state index in [4.69, 9.17) is 15.2 Å². The van der Waals surface area contributed by atoms with E-state index in [2.05, 4.69) is 31.0 Å². The molecule has 1 aromatic heterocycles. The molecule has 0 radical (unpaired) electrons. The molecule has 0 spiro atoms. The van der Waals surface area contributed by atoms with Gasteiger partial charge in [-0.1, -0.05) is 11.6 Å². The third-order valence-corrected chi connectivity index (χ3v) is 4.91. The number of aryl methyl sites for hydroxylation is 3. The predicted octanol–water partition coefficient (Wildman–Crippen LogP) is 4.75. The number of aromatic amines is 1. The van der Waals surface area contributed by atoms with Crippen molar-refractivity contribution in [3.05, 3.63) is 47.0 Å². The van der Waals surface area contributed by atoms with Gasteiger partial charge in [0.15, 0.2) is 0 Å². The molecule has 0 bridgehead atoms. The molecule has 0 aliphatic rings. The molecule has 0 saturated carbocycles. The molecule has 2 aromatic carbocycles. The Balaban J connectivity index is 2.24. The van der Waals surface area contributed by atoms with Crippen LogP contribution in [0.3, 0.4) is 0 Å². The first-order valence-electron chi connectivity index (χ1n) is 9.13. The van der Waals surface area contributed by atoms with Crippen LogP contribution in [-0.2, 0) is 6.42 Å². The molecule has 0 aliphatic heterocycles. The van der Waals surface area contributed by atoms with E-state index in [0.29, 0.717) is 0 Å². The van der Waals surface area contributed by atoms with Crippen molar-refractivity contribution in [2.75, 3.05) is 20.8 Å². The number of nitrogens with one attached hydrogen (secondary N) is 1. The second-order valence-electron chi connectivity index (χ2n) is 6.79. The monoisotopic (exact) mass is 352 g/mol. The summed E-state index contributed by atoms with van der Waals surface area (Å²) in [6.07, 6.45) is 3.07. The second kappa shape index (κ2) is 7.83. The zero-order valence-corrected chi connectivity index (χ0v) is 16.1. The van der Waals surface area contributed by atoms with Gasteiger partial charge in [0.2, 0.25) is 0 Å². The Labute approximate surface area is 155 Å². The summed E-state index contributed by atoms with van der Waals surface area (Å²) in [6, 6.07) is 10.4. The Bertz CT molecular complexity index is 912. The molecule has 4 heteroatoms. The first-order valence-corrected chi connectivity index (χ1v) is 9.13. The summed E-state index contributed by atoms with van der Waals surface area (Å²) in [5.74, 6) is 1.66. The van der Waals surface area contributed by atoms with E-state index in [1.165, 1.54) is 27.6 Å². The molecule has 0 unspecified atom stereocenters. The van der Waals surface area contributed by atoms with Crippen LogP contribution >= 0.6 is 0 Å². The van der Waals surface area contributed by atoms with Gasteiger partial charge in [-0.15, -0.1) is 0 Å². The van der Waals surface area contributed by atoms with Crippen LogP contribution in [-0.4, -0.2) is 25.7 Å². The van der Waals surface area contributed by atoms with Gasteiger partial charge >= 0.3 is 0 Å². The SMILES string of the molecule is COc1ccc(OC)c(-c2[nH]c3c(C)cc(C)cc3c2CCCCN)c1.